The third-order valence-electron chi connectivity index (χ3n) is 6.12. The number of aromatic carboxylic acids is 1. The number of ether oxygens (including phenoxy) is 1. The third-order valence-corrected chi connectivity index (χ3v) is 6.12. The van der Waals surface area contributed by atoms with Crippen molar-refractivity contribution in [1.82, 2.24) is 30.0 Å². The average Bonchev–Trinajstić information content (AvgIpc) is 2.85. The fraction of sp³-hybridized carbons (Fsp3) is 0.571. The van der Waals surface area contributed by atoms with E-state index in [2.05, 4.69) is 35.3 Å². The summed E-state index contributed by atoms with van der Waals surface area (Å²) in [5.41, 5.74) is -0.621. The largest absolute Gasteiger partial charge is 0.476 e. The van der Waals surface area contributed by atoms with Crippen LogP contribution >= 0.6 is 0 Å². The van der Waals surface area contributed by atoms with Crippen LogP contribution in [0.4, 0.5) is 19.0 Å². The minimum absolute atomic E-state index is 0.0359. The van der Waals surface area contributed by atoms with E-state index in [0.29, 0.717) is 51.2 Å². The molecule has 12 nitrogen and oxygen atoms in total. The zero-order valence-corrected chi connectivity index (χ0v) is 19.0. The van der Waals surface area contributed by atoms with Gasteiger partial charge in [-0.2, -0.15) is 18.3 Å². The van der Waals surface area contributed by atoms with Crippen LogP contribution in [0.25, 0.3) is 0 Å². The van der Waals surface area contributed by atoms with E-state index in [1.54, 1.807) is 6.07 Å². The molecular weight excluding hydrogens is 487 g/mol. The van der Waals surface area contributed by atoms with E-state index >= 15 is 0 Å². The van der Waals surface area contributed by atoms with Gasteiger partial charge in [0.15, 0.2) is 11.4 Å². The van der Waals surface area contributed by atoms with Crippen molar-refractivity contribution in [2.75, 3.05) is 44.6 Å². The van der Waals surface area contributed by atoms with Gasteiger partial charge in [-0.1, -0.05) is 0 Å². The predicted octanol–water partition coefficient (Wildman–Crippen LogP) is -0.297. The molecule has 0 amide bonds. The first-order valence-corrected chi connectivity index (χ1v) is 11.2. The lowest BCUT2D eigenvalue weighted by Crippen LogP contribution is -2.59. The average molecular weight is 513 g/mol. The minimum atomic E-state index is -4.65. The van der Waals surface area contributed by atoms with E-state index in [0.717, 1.165) is 6.20 Å². The molecule has 4 rings (SSSR count). The number of carbonyl (C=O) groups is 1. The highest BCUT2D eigenvalue weighted by Crippen LogP contribution is 2.28. The van der Waals surface area contributed by atoms with Gasteiger partial charge < -0.3 is 25.4 Å². The Kier molecular flexibility index (Phi) is 7.94. The summed E-state index contributed by atoms with van der Waals surface area (Å²) in [4.78, 5) is 22.1. The van der Waals surface area contributed by atoms with Gasteiger partial charge in [-0.25, -0.2) is 9.78 Å². The van der Waals surface area contributed by atoms with Crippen LogP contribution in [0.3, 0.4) is 0 Å². The molecule has 2 aromatic heterocycles. The van der Waals surface area contributed by atoms with E-state index < -0.39 is 42.2 Å². The summed E-state index contributed by atoms with van der Waals surface area (Å²) in [6.07, 6.45) is -6.16. The predicted molar refractivity (Wildman–Crippen MR) is 117 cm³/mol. The number of rotatable bonds is 7. The molecule has 0 radical (unpaired) electrons. The fourth-order valence-corrected chi connectivity index (χ4v) is 4.10. The zero-order chi connectivity index (χ0) is 25.9. The van der Waals surface area contributed by atoms with Crippen molar-refractivity contribution in [2.24, 2.45) is 0 Å². The van der Waals surface area contributed by atoms with Gasteiger partial charge in [0, 0.05) is 39.3 Å². The van der Waals surface area contributed by atoms with Crippen LogP contribution in [0.5, 0.6) is 0 Å². The van der Waals surface area contributed by atoms with Crippen molar-refractivity contribution < 1.29 is 38.0 Å². The van der Waals surface area contributed by atoms with Crippen molar-refractivity contribution in [3.8, 4) is 0 Å². The third kappa shape index (κ3) is 6.41. The normalized spacial score (nSPS) is 26.0. The number of piperazine rings is 1. The molecule has 15 heteroatoms. The number of anilines is 1. The molecule has 4 N–H and O–H groups in total. The molecule has 4 heterocycles. The van der Waals surface area contributed by atoms with E-state index in [1.165, 1.54) is 6.07 Å². The molecule has 2 aliphatic heterocycles. The van der Waals surface area contributed by atoms with Crippen LogP contribution in [0.1, 0.15) is 21.9 Å². The van der Waals surface area contributed by atoms with Crippen molar-refractivity contribution in [3.63, 3.8) is 0 Å². The fourth-order valence-electron chi connectivity index (χ4n) is 4.10. The van der Waals surface area contributed by atoms with Crippen LogP contribution in [-0.2, 0) is 17.5 Å². The number of nitrogens with zero attached hydrogens (tertiary/aromatic N) is 6. The summed E-state index contributed by atoms with van der Waals surface area (Å²) in [6.45, 7) is 3.60. The maximum atomic E-state index is 12.9. The number of hydrogen-bond donors (Lipinski definition) is 4. The number of aliphatic hydroxyl groups excluding tert-OH is 2. The highest BCUT2D eigenvalue weighted by atomic mass is 19.4. The number of halogens is 3. The summed E-state index contributed by atoms with van der Waals surface area (Å²) in [5, 5.41) is 40.3. The highest BCUT2D eigenvalue weighted by molar-refractivity contribution is 5.84. The number of nitrogens with one attached hydrogen (secondary N) is 1. The Morgan fingerprint density at radius 1 is 1.08 bits per heavy atom. The molecule has 4 atom stereocenters. The van der Waals surface area contributed by atoms with E-state index in [1.807, 2.05) is 0 Å². The molecule has 196 valence electrons. The Hall–Kier alpha value is -2.98. The lowest BCUT2D eigenvalue weighted by molar-refractivity contribution is -0.148. The lowest BCUT2D eigenvalue weighted by atomic mass is 9.97. The van der Waals surface area contributed by atoms with Crippen molar-refractivity contribution in [1.29, 1.82) is 0 Å². The molecule has 0 bridgehead atoms. The van der Waals surface area contributed by atoms with Gasteiger partial charge in [0.1, 0.15) is 18.0 Å². The van der Waals surface area contributed by atoms with Crippen molar-refractivity contribution in [2.45, 2.75) is 37.1 Å². The van der Waals surface area contributed by atoms with Crippen LogP contribution in [0.15, 0.2) is 24.5 Å². The number of aromatic nitrogens is 4. The molecule has 0 aromatic carbocycles. The van der Waals surface area contributed by atoms with E-state index in [-0.39, 0.29) is 18.1 Å². The van der Waals surface area contributed by atoms with Crippen LogP contribution in [0, 0.1) is 0 Å². The molecule has 36 heavy (non-hydrogen) atoms. The minimum Gasteiger partial charge on any atom is -0.476 e. The summed E-state index contributed by atoms with van der Waals surface area (Å²) in [5.74, 6) is -1.31. The van der Waals surface area contributed by atoms with Gasteiger partial charge in [0.05, 0.1) is 36.8 Å². The molecule has 0 aliphatic carbocycles. The summed E-state index contributed by atoms with van der Waals surface area (Å²) < 4.78 is 44.3. The molecule has 0 unspecified atom stereocenters. The molecule has 2 aromatic rings. The summed E-state index contributed by atoms with van der Waals surface area (Å²) in [6, 6.07) is 2.18. The Morgan fingerprint density at radius 2 is 1.81 bits per heavy atom. The molecule has 2 fully saturated rings. The molecule has 2 aliphatic rings. The number of carboxylic acid groups (broad SMARTS) is 1. The van der Waals surface area contributed by atoms with Gasteiger partial charge in [0.2, 0.25) is 0 Å². The van der Waals surface area contributed by atoms with Crippen LogP contribution in [0.2, 0.25) is 0 Å². The second kappa shape index (κ2) is 11.0. The van der Waals surface area contributed by atoms with Crippen LogP contribution in [-0.4, -0.2) is 115 Å². The summed E-state index contributed by atoms with van der Waals surface area (Å²) in [7, 11) is 0. The highest BCUT2D eigenvalue weighted by Gasteiger charge is 2.40. The first-order valence-electron chi connectivity index (χ1n) is 11.2. The maximum Gasteiger partial charge on any atom is 0.434 e. The molecule has 0 saturated carbocycles. The summed E-state index contributed by atoms with van der Waals surface area (Å²) >= 11 is 0. The van der Waals surface area contributed by atoms with Gasteiger partial charge >= 0.3 is 12.1 Å². The topological polar surface area (TPSA) is 157 Å². The smallest absolute Gasteiger partial charge is 0.434 e. The second-order valence-corrected chi connectivity index (χ2v) is 8.68. The Morgan fingerprint density at radius 3 is 2.44 bits per heavy atom. The monoisotopic (exact) mass is 513 g/mol. The quantitative estimate of drug-likeness (QED) is 0.384. The van der Waals surface area contributed by atoms with Gasteiger partial charge in [-0.05, 0) is 12.1 Å². The first kappa shape index (κ1) is 26.1. The number of aliphatic hydroxyl groups is 2. The Balaban J connectivity index is 1.24. The second-order valence-electron chi connectivity index (χ2n) is 8.68. The van der Waals surface area contributed by atoms with Gasteiger partial charge in [-0.15, -0.1) is 5.10 Å². The lowest BCUT2D eigenvalue weighted by Gasteiger charge is -2.41. The van der Waals surface area contributed by atoms with Gasteiger partial charge in [-0.3, -0.25) is 14.8 Å². The van der Waals surface area contributed by atoms with Crippen molar-refractivity contribution in [3.05, 3.63) is 41.6 Å². The van der Waals surface area contributed by atoms with Crippen molar-refractivity contribution >= 4 is 11.8 Å². The van der Waals surface area contributed by atoms with Crippen LogP contribution < -0.4 is 5.32 Å². The standard InChI is InChI=1S/C21H26F3N7O5/c22-21(23,24)16-7-25-8-17(27-16)26-14-11-36-15(19(33)18(14)32)10-31-5-3-30(4-6-31)9-12-1-2-13(20(34)35)29-28-12/h1-2,7-8,14-15,18-19,32-33H,3-6,9-11H2,(H,26,27)(H,34,35)/t14-,15+,18+,19-/m0/s1. The molecule has 0 spiro atoms. The van der Waals surface area contributed by atoms with E-state index in [9.17, 15) is 28.2 Å². The van der Waals surface area contributed by atoms with Gasteiger partial charge in [0.25, 0.3) is 0 Å². The maximum absolute atomic E-state index is 12.9. The Bertz CT molecular complexity index is 1040. The number of hydrogen-bond acceptors (Lipinski definition) is 11. The van der Waals surface area contributed by atoms with E-state index in [4.69, 9.17) is 9.84 Å². The number of carboxylic acids is 1. The molecule has 2 saturated heterocycles. The number of alkyl halides is 3. The SMILES string of the molecule is O=C(O)c1ccc(CN2CCN(C[C@H]3OC[C@H](Nc4cncc(C(F)(F)F)n4)[C@@H](O)[C@H]3O)CC2)nn1. The molecular formula is C21H26F3N7O5. The zero-order valence-electron chi connectivity index (χ0n) is 19.0. The Labute approximate surface area is 203 Å². The first-order chi connectivity index (χ1) is 17.1.